The van der Waals surface area contributed by atoms with Gasteiger partial charge in [0, 0.05) is 61.9 Å². The number of aromatic nitrogens is 3. The Morgan fingerprint density at radius 2 is 2.05 bits per heavy atom. The highest BCUT2D eigenvalue weighted by Gasteiger charge is 2.19. The van der Waals surface area contributed by atoms with Crippen molar-refractivity contribution in [2.24, 2.45) is 0 Å². The fraction of sp³-hybridized carbons (Fsp3) is 0.400. The second kappa shape index (κ2) is 7.02. The molecule has 3 heterocycles. The lowest BCUT2D eigenvalue weighted by molar-refractivity contribution is 0.248. The lowest BCUT2D eigenvalue weighted by atomic mass is 10.2. The predicted molar refractivity (Wildman–Crippen MR) is 88.0 cm³/mol. The maximum atomic E-state index is 5.16. The molecule has 0 spiro atoms. The third-order valence-electron chi connectivity index (χ3n) is 3.65. The van der Waals surface area contributed by atoms with Crippen LogP contribution in [0.25, 0.3) is 0 Å². The van der Waals surface area contributed by atoms with Gasteiger partial charge in [-0.3, -0.25) is 9.88 Å². The maximum absolute atomic E-state index is 5.16. The van der Waals surface area contributed by atoms with Crippen LogP contribution in [0.1, 0.15) is 5.56 Å². The molecule has 22 heavy (non-hydrogen) atoms. The topological polar surface area (TPSA) is 54.4 Å². The molecule has 0 amide bonds. The molecule has 0 atom stereocenters. The Bertz CT molecular complexity index is 631. The number of rotatable bonds is 4. The molecule has 6 nitrogen and oxygen atoms in total. The second-order valence-corrected chi connectivity index (χ2v) is 6.09. The highest BCUT2D eigenvalue weighted by Crippen LogP contribution is 2.16. The van der Waals surface area contributed by atoms with Gasteiger partial charge < -0.3 is 9.64 Å². The van der Waals surface area contributed by atoms with E-state index in [4.69, 9.17) is 4.74 Å². The molecule has 2 aromatic rings. The number of halogens is 1. The number of piperazine rings is 1. The van der Waals surface area contributed by atoms with Crippen LogP contribution in [0.15, 0.2) is 35.2 Å². The minimum absolute atomic E-state index is 0.604. The maximum Gasteiger partial charge on any atom is 0.228 e. The van der Waals surface area contributed by atoms with Crippen LogP contribution < -0.4 is 9.64 Å². The van der Waals surface area contributed by atoms with E-state index in [0.717, 1.165) is 43.1 Å². The van der Waals surface area contributed by atoms with Crippen LogP contribution in [0.4, 0.5) is 5.95 Å². The molecular weight excluding hydrogens is 346 g/mol. The Kier molecular flexibility index (Phi) is 4.84. The van der Waals surface area contributed by atoms with Crippen LogP contribution >= 0.6 is 15.9 Å². The molecular formula is C15H18BrN5O. The van der Waals surface area contributed by atoms with Crippen molar-refractivity contribution in [3.8, 4) is 5.88 Å². The van der Waals surface area contributed by atoms with Crippen LogP contribution in [-0.4, -0.2) is 53.1 Å². The molecule has 1 aliphatic rings. The first-order valence-electron chi connectivity index (χ1n) is 7.18. The first kappa shape index (κ1) is 15.2. The van der Waals surface area contributed by atoms with Gasteiger partial charge in [0.15, 0.2) is 0 Å². The van der Waals surface area contributed by atoms with Gasteiger partial charge in [0.05, 0.1) is 7.11 Å². The van der Waals surface area contributed by atoms with Crippen molar-refractivity contribution in [3.63, 3.8) is 0 Å². The molecule has 1 aliphatic heterocycles. The van der Waals surface area contributed by atoms with Gasteiger partial charge in [0.25, 0.3) is 0 Å². The minimum Gasteiger partial charge on any atom is -0.481 e. The number of pyridine rings is 1. The molecule has 0 bridgehead atoms. The number of nitrogens with zero attached hydrogens (tertiary/aromatic N) is 5. The third kappa shape index (κ3) is 3.72. The zero-order valence-corrected chi connectivity index (χ0v) is 14.0. The molecule has 0 saturated carbocycles. The fourth-order valence-corrected chi connectivity index (χ4v) is 2.92. The van der Waals surface area contributed by atoms with Crippen molar-refractivity contribution in [2.45, 2.75) is 6.54 Å². The van der Waals surface area contributed by atoms with Crippen molar-refractivity contribution in [3.05, 3.63) is 40.8 Å². The van der Waals surface area contributed by atoms with Crippen LogP contribution in [-0.2, 0) is 6.54 Å². The Morgan fingerprint density at radius 3 is 2.77 bits per heavy atom. The molecule has 1 saturated heterocycles. The van der Waals surface area contributed by atoms with Crippen molar-refractivity contribution >= 4 is 21.9 Å². The fourth-order valence-electron chi connectivity index (χ4n) is 2.50. The molecule has 1 fully saturated rings. The number of ether oxygens (including phenoxy) is 1. The molecule has 0 radical (unpaired) electrons. The third-order valence-corrected chi connectivity index (χ3v) is 4.08. The summed E-state index contributed by atoms with van der Waals surface area (Å²) in [4.78, 5) is 17.5. The molecule has 3 rings (SSSR count). The smallest absolute Gasteiger partial charge is 0.228 e. The monoisotopic (exact) mass is 363 g/mol. The van der Waals surface area contributed by atoms with Gasteiger partial charge in [-0.05, 0) is 27.6 Å². The quantitative estimate of drug-likeness (QED) is 0.827. The highest BCUT2D eigenvalue weighted by molar-refractivity contribution is 9.10. The SMILES string of the molecule is COc1ccnc(N2CCN(Cc3cncc(Br)c3)CC2)n1. The number of hydrogen-bond donors (Lipinski definition) is 0. The van der Waals surface area contributed by atoms with E-state index in [0.29, 0.717) is 5.88 Å². The van der Waals surface area contributed by atoms with Crippen molar-refractivity contribution < 1.29 is 4.74 Å². The molecule has 2 aromatic heterocycles. The van der Waals surface area contributed by atoms with E-state index in [1.54, 1.807) is 19.4 Å². The van der Waals surface area contributed by atoms with Gasteiger partial charge in [-0.15, -0.1) is 0 Å². The van der Waals surface area contributed by atoms with Crippen molar-refractivity contribution in [2.75, 3.05) is 38.2 Å². The van der Waals surface area contributed by atoms with Crippen LogP contribution in [0.5, 0.6) is 5.88 Å². The molecule has 116 valence electrons. The van der Waals surface area contributed by atoms with E-state index < -0.39 is 0 Å². The summed E-state index contributed by atoms with van der Waals surface area (Å²) >= 11 is 3.46. The summed E-state index contributed by atoms with van der Waals surface area (Å²) in [6, 6.07) is 3.88. The van der Waals surface area contributed by atoms with Gasteiger partial charge in [-0.2, -0.15) is 4.98 Å². The summed E-state index contributed by atoms with van der Waals surface area (Å²) in [6.07, 6.45) is 5.46. The van der Waals surface area contributed by atoms with Crippen molar-refractivity contribution in [1.29, 1.82) is 0 Å². The lowest BCUT2D eigenvalue weighted by Crippen LogP contribution is -2.46. The van der Waals surface area contributed by atoms with Gasteiger partial charge in [-0.1, -0.05) is 0 Å². The Labute approximate surface area is 138 Å². The first-order valence-corrected chi connectivity index (χ1v) is 7.97. The highest BCUT2D eigenvalue weighted by atomic mass is 79.9. The average molecular weight is 364 g/mol. The van der Waals surface area contributed by atoms with Gasteiger partial charge in [0.1, 0.15) is 0 Å². The summed E-state index contributed by atoms with van der Waals surface area (Å²) in [5.74, 6) is 1.34. The standard InChI is InChI=1S/C15H18BrN5O/c1-22-14-2-3-18-15(19-14)21-6-4-20(5-7-21)11-12-8-13(16)10-17-9-12/h2-3,8-10H,4-7,11H2,1H3. The normalized spacial score (nSPS) is 15.8. The largest absolute Gasteiger partial charge is 0.481 e. The summed E-state index contributed by atoms with van der Waals surface area (Å²) in [7, 11) is 1.62. The zero-order valence-electron chi connectivity index (χ0n) is 12.4. The van der Waals surface area contributed by atoms with E-state index in [-0.39, 0.29) is 0 Å². The molecule has 0 unspecified atom stereocenters. The molecule has 0 N–H and O–H groups in total. The van der Waals surface area contributed by atoms with Crippen LogP contribution in [0.2, 0.25) is 0 Å². The van der Waals surface area contributed by atoms with Gasteiger partial charge >= 0.3 is 0 Å². The Hall–Kier alpha value is -1.73. The molecule has 7 heteroatoms. The minimum atomic E-state index is 0.604. The Balaban J connectivity index is 1.58. The van der Waals surface area contributed by atoms with Crippen molar-refractivity contribution in [1.82, 2.24) is 19.9 Å². The summed E-state index contributed by atoms with van der Waals surface area (Å²) in [6.45, 7) is 4.70. The summed E-state index contributed by atoms with van der Waals surface area (Å²) < 4.78 is 6.18. The zero-order chi connectivity index (χ0) is 15.4. The van der Waals surface area contributed by atoms with E-state index in [9.17, 15) is 0 Å². The molecule has 0 aliphatic carbocycles. The van der Waals surface area contributed by atoms with Crippen LogP contribution in [0, 0.1) is 0 Å². The van der Waals surface area contributed by atoms with E-state index in [1.807, 2.05) is 12.4 Å². The second-order valence-electron chi connectivity index (χ2n) is 5.17. The predicted octanol–water partition coefficient (Wildman–Crippen LogP) is 1.96. The number of hydrogen-bond acceptors (Lipinski definition) is 6. The lowest BCUT2D eigenvalue weighted by Gasteiger charge is -2.34. The summed E-state index contributed by atoms with van der Waals surface area (Å²) in [5.41, 5.74) is 1.22. The van der Waals surface area contributed by atoms with Gasteiger partial charge in [-0.25, -0.2) is 4.98 Å². The van der Waals surface area contributed by atoms with E-state index in [1.165, 1.54) is 5.56 Å². The first-order chi connectivity index (χ1) is 10.7. The number of anilines is 1. The van der Waals surface area contributed by atoms with E-state index >= 15 is 0 Å². The Morgan fingerprint density at radius 1 is 1.23 bits per heavy atom. The number of methoxy groups -OCH3 is 1. The summed E-state index contributed by atoms with van der Waals surface area (Å²) in [5, 5.41) is 0. The van der Waals surface area contributed by atoms with E-state index in [2.05, 4.69) is 46.7 Å². The van der Waals surface area contributed by atoms with Crippen LogP contribution in [0.3, 0.4) is 0 Å². The van der Waals surface area contributed by atoms with Gasteiger partial charge in [0.2, 0.25) is 11.8 Å². The average Bonchev–Trinajstić information content (AvgIpc) is 2.56. The molecule has 0 aromatic carbocycles.